The van der Waals surface area contributed by atoms with Gasteiger partial charge in [-0.15, -0.1) is 0 Å². The number of hydrogen-bond donors (Lipinski definition) is 4. The predicted octanol–water partition coefficient (Wildman–Crippen LogP) is -0.946. The molecule has 2 fully saturated rings. The molecule has 3 amide bonds. The Labute approximate surface area is 246 Å². The molecule has 0 saturated carbocycles. The molecule has 0 aromatic rings. The molecule has 4 N–H and O–H groups in total. The zero-order chi connectivity index (χ0) is 30.6. The fourth-order valence-electron chi connectivity index (χ4n) is 4.20. The molecule has 2 heterocycles. The summed E-state index contributed by atoms with van der Waals surface area (Å²) in [7, 11) is 16.1. The van der Waals surface area contributed by atoms with E-state index >= 15 is 0 Å². The van der Waals surface area contributed by atoms with Crippen LogP contribution in [0.1, 0.15) is 60.8 Å². The van der Waals surface area contributed by atoms with Gasteiger partial charge in [0.05, 0.1) is 18.6 Å². The van der Waals surface area contributed by atoms with Crippen LogP contribution in [-0.2, 0) is 42.9 Å². The number of aliphatic hydroxyl groups excluding tert-OH is 1. The molecule has 15 heteroatoms. The summed E-state index contributed by atoms with van der Waals surface area (Å²) in [5.41, 5.74) is 0. The van der Waals surface area contributed by atoms with Crippen LogP contribution in [0.3, 0.4) is 0 Å². The summed E-state index contributed by atoms with van der Waals surface area (Å²) in [6.07, 6.45) is -3.90. The molecule has 0 bridgehead atoms. The number of carbonyl (C=O) groups excluding carboxylic acids is 4. The Morgan fingerprint density at radius 1 is 0.780 bits per heavy atom. The summed E-state index contributed by atoms with van der Waals surface area (Å²) in [4.78, 5) is 46.1. The van der Waals surface area contributed by atoms with E-state index in [2.05, 4.69) is 16.0 Å². The maximum Gasteiger partial charge on any atom is 0.306 e. The Hall–Kier alpha value is -2.19. The molecular weight excluding hydrogens is 536 g/mol. The SMILES string of the molecule is C.[B][C@@H]1O[C@H](CC)C(O)[C@@H]1OC(C)C(=O)NC.[B][C@@H]1O[C@H](CC)C(OC(=O)CCC(=O)NC)[C@@H]1OC(C)C(=O)NC. The number of carbonyl (C=O) groups is 4. The van der Waals surface area contributed by atoms with Crippen molar-refractivity contribution in [3.8, 4) is 0 Å². The van der Waals surface area contributed by atoms with Crippen molar-refractivity contribution in [3.63, 3.8) is 0 Å². The summed E-state index contributed by atoms with van der Waals surface area (Å²) in [6, 6.07) is -1.49. The fraction of sp³-hybridized carbons (Fsp3) is 0.846. The Balaban J connectivity index is 0.000000821. The largest absolute Gasteiger partial charge is 0.457 e. The van der Waals surface area contributed by atoms with Crippen molar-refractivity contribution in [3.05, 3.63) is 0 Å². The van der Waals surface area contributed by atoms with Crippen molar-refractivity contribution < 1.29 is 48.0 Å². The average molecular weight is 583 g/mol. The van der Waals surface area contributed by atoms with Gasteiger partial charge in [-0.05, 0) is 26.7 Å². The number of amides is 3. The minimum atomic E-state index is -0.807. The molecule has 41 heavy (non-hydrogen) atoms. The minimum absolute atomic E-state index is 0. The summed E-state index contributed by atoms with van der Waals surface area (Å²) in [5, 5.41) is 17.2. The number of hydrogen-bond acceptors (Lipinski definition) is 10. The van der Waals surface area contributed by atoms with Crippen LogP contribution in [0.2, 0.25) is 0 Å². The fourth-order valence-corrected chi connectivity index (χ4v) is 4.20. The lowest BCUT2D eigenvalue weighted by Gasteiger charge is -2.26. The van der Waals surface area contributed by atoms with Crippen LogP contribution in [0.5, 0.6) is 0 Å². The van der Waals surface area contributed by atoms with Crippen LogP contribution in [0, 0.1) is 0 Å². The first-order valence-corrected chi connectivity index (χ1v) is 13.5. The molecule has 2 aliphatic rings. The molecule has 2 rings (SSSR count). The molecule has 0 aromatic carbocycles. The molecule has 0 aromatic heterocycles. The Morgan fingerprint density at radius 2 is 1.24 bits per heavy atom. The second kappa shape index (κ2) is 19.1. The van der Waals surface area contributed by atoms with E-state index in [-0.39, 0.29) is 44.1 Å². The van der Waals surface area contributed by atoms with Gasteiger partial charge < -0.3 is 44.7 Å². The highest BCUT2D eigenvalue weighted by molar-refractivity contribution is 6.12. The molecule has 13 nitrogen and oxygen atoms in total. The van der Waals surface area contributed by atoms with Crippen LogP contribution in [0.4, 0.5) is 0 Å². The lowest BCUT2D eigenvalue weighted by molar-refractivity contribution is -0.161. The van der Waals surface area contributed by atoms with E-state index < -0.39 is 60.7 Å². The maximum absolute atomic E-state index is 12.0. The monoisotopic (exact) mass is 583 g/mol. The second-order valence-corrected chi connectivity index (χ2v) is 9.43. The Morgan fingerprint density at radius 3 is 1.68 bits per heavy atom. The van der Waals surface area contributed by atoms with Crippen LogP contribution in [0.25, 0.3) is 0 Å². The van der Waals surface area contributed by atoms with Crippen molar-refractivity contribution >= 4 is 39.4 Å². The third kappa shape index (κ3) is 11.5. The molecule has 2 saturated heterocycles. The number of ether oxygens (including phenoxy) is 5. The topological polar surface area (TPSA) is 171 Å². The van der Waals surface area contributed by atoms with E-state index in [1.165, 1.54) is 21.1 Å². The van der Waals surface area contributed by atoms with Crippen molar-refractivity contribution in [2.24, 2.45) is 0 Å². The van der Waals surface area contributed by atoms with Crippen molar-refractivity contribution in [1.82, 2.24) is 16.0 Å². The normalized spacial score (nSPS) is 30.0. The first-order valence-electron chi connectivity index (χ1n) is 13.5. The van der Waals surface area contributed by atoms with E-state index in [4.69, 9.17) is 39.4 Å². The van der Waals surface area contributed by atoms with Gasteiger partial charge >= 0.3 is 5.97 Å². The molecule has 0 aliphatic carbocycles. The van der Waals surface area contributed by atoms with Gasteiger partial charge in [0.1, 0.15) is 46.2 Å². The summed E-state index contributed by atoms with van der Waals surface area (Å²) < 4.78 is 27.4. The van der Waals surface area contributed by atoms with Gasteiger partial charge in [-0.1, -0.05) is 21.3 Å². The van der Waals surface area contributed by atoms with E-state index in [1.54, 1.807) is 13.8 Å². The van der Waals surface area contributed by atoms with E-state index in [1.807, 2.05) is 13.8 Å². The standard InChI is InChI=1S/C15H25BN2O6.C10H18BNO4.CH4/c1-5-9-12(24-11(20)7-6-10(19)17-3)13(14(16)23-9)22-8(2)15(21)18-4;1-4-6-7(13)8(9(11)16-6)15-5(2)10(14)12-3;/h8-9,12-14H,5-7H2,1-4H3,(H,17,19)(H,18,21);5-9,13H,4H2,1-3H3,(H,12,14);1H4/t8?,9-,12?,13+,14-;5?,6-,7?,8+,9-;/m11./s1. The number of likely N-dealkylation sites (N-methyl/N-ethyl adjacent to an activating group) is 2. The number of nitrogens with one attached hydrogen (secondary N) is 3. The maximum atomic E-state index is 12.0. The Kier molecular flexibility index (Phi) is 18.1. The molecule has 232 valence electrons. The van der Waals surface area contributed by atoms with Gasteiger partial charge in [-0.3, -0.25) is 19.2 Å². The van der Waals surface area contributed by atoms with Gasteiger partial charge in [0.2, 0.25) is 17.7 Å². The molecule has 10 atom stereocenters. The number of rotatable bonds is 12. The zero-order valence-corrected chi connectivity index (χ0v) is 24.4. The highest BCUT2D eigenvalue weighted by Gasteiger charge is 2.46. The summed E-state index contributed by atoms with van der Waals surface area (Å²) >= 11 is 0. The van der Waals surface area contributed by atoms with Gasteiger partial charge in [0.15, 0.2) is 6.10 Å². The van der Waals surface area contributed by atoms with E-state index in [0.29, 0.717) is 12.8 Å². The van der Waals surface area contributed by atoms with Crippen molar-refractivity contribution in [2.75, 3.05) is 21.1 Å². The van der Waals surface area contributed by atoms with Gasteiger partial charge in [0.25, 0.3) is 0 Å². The van der Waals surface area contributed by atoms with Crippen molar-refractivity contribution in [1.29, 1.82) is 0 Å². The summed E-state index contributed by atoms with van der Waals surface area (Å²) in [6.45, 7) is 6.95. The van der Waals surface area contributed by atoms with Crippen LogP contribution < -0.4 is 16.0 Å². The highest BCUT2D eigenvalue weighted by atomic mass is 16.6. The zero-order valence-electron chi connectivity index (χ0n) is 24.4. The summed E-state index contributed by atoms with van der Waals surface area (Å²) in [5.74, 6) is -1.36. The van der Waals surface area contributed by atoms with Gasteiger partial charge in [-0.25, -0.2) is 0 Å². The Bertz CT molecular complexity index is 839. The average Bonchev–Trinajstić information content (AvgIpc) is 3.39. The predicted molar refractivity (Wildman–Crippen MR) is 152 cm³/mol. The van der Waals surface area contributed by atoms with Crippen LogP contribution >= 0.6 is 0 Å². The van der Waals surface area contributed by atoms with Gasteiger partial charge in [-0.2, -0.15) is 0 Å². The molecule has 2 aliphatic heterocycles. The third-order valence-corrected chi connectivity index (χ3v) is 6.58. The first kappa shape index (κ1) is 38.8. The molecule has 4 radical (unpaired) electrons. The van der Waals surface area contributed by atoms with Crippen LogP contribution in [-0.4, -0.2) is 126 Å². The minimum Gasteiger partial charge on any atom is -0.457 e. The van der Waals surface area contributed by atoms with Crippen molar-refractivity contribution in [2.45, 2.75) is 122 Å². The molecular formula is C26H47B2N3O10. The molecule has 4 unspecified atom stereocenters. The quantitative estimate of drug-likeness (QED) is 0.166. The van der Waals surface area contributed by atoms with E-state index in [0.717, 1.165) is 0 Å². The number of aliphatic hydroxyl groups is 1. The highest BCUT2D eigenvalue weighted by Crippen LogP contribution is 2.29. The number of esters is 1. The second-order valence-electron chi connectivity index (χ2n) is 9.43. The molecule has 0 spiro atoms. The first-order chi connectivity index (χ1) is 18.8. The lowest BCUT2D eigenvalue weighted by Crippen LogP contribution is -2.44. The lowest BCUT2D eigenvalue weighted by atomic mass is 9.92. The van der Waals surface area contributed by atoms with Crippen LogP contribution in [0.15, 0.2) is 0 Å². The third-order valence-electron chi connectivity index (χ3n) is 6.58. The van der Waals surface area contributed by atoms with E-state index in [9.17, 15) is 24.3 Å². The smallest absolute Gasteiger partial charge is 0.306 e. The van der Waals surface area contributed by atoms with Gasteiger partial charge in [0, 0.05) is 39.6 Å².